The molecule has 1 nitrogen and oxygen atoms in total. The zero-order valence-corrected chi connectivity index (χ0v) is 16.0. The summed E-state index contributed by atoms with van der Waals surface area (Å²) in [6, 6.07) is 0. The SMILES string of the molecule is CCCSC(C)(C)OPCCP(C(C)C)C(C)C. The number of thioether (sulfide) groups is 1. The molecule has 0 heterocycles. The Morgan fingerprint density at radius 3 is 2.17 bits per heavy atom. The zero-order valence-electron chi connectivity index (χ0n) is 13.2. The van der Waals surface area contributed by atoms with Crippen molar-refractivity contribution in [3.05, 3.63) is 0 Å². The maximum Gasteiger partial charge on any atom is 0.112 e. The maximum absolute atomic E-state index is 6.04. The van der Waals surface area contributed by atoms with Crippen LogP contribution in [0.3, 0.4) is 0 Å². The standard InChI is InChI=1S/C14H32OP2S/c1-8-11-18-14(6,7)15-16-9-10-17(12(2)3)13(4)5/h12-13,16H,8-11H2,1-7H3. The van der Waals surface area contributed by atoms with Crippen LogP contribution in [0.1, 0.15) is 54.9 Å². The van der Waals surface area contributed by atoms with E-state index in [9.17, 15) is 0 Å². The minimum Gasteiger partial charge on any atom is -0.346 e. The van der Waals surface area contributed by atoms with Crippen LogP contribution in [0.15, 0.2) is 0 Å². The third kappa shape index (κ3) is 9.13. The van der Waals surface area contributed by atoms with E-state index in [-0.39, 0.29) is 12.9 Å². The van der Waals surface area contributed by atoms with Crippen molar-refractivity contribution in [2.24, 2.45) is 0 Å². The lowest BCUT2D eigenvalue weighted by molar-refractivity contribution is 0.241. The van der Waals surface area contributed by atoms with Crippen LogP contribution in [0.4, 0.5) is 0 Å². The average Bonchev–Trinajstić information content (AvgIpc) is 2.25. The summed E-state index contributed by atoms with van der Waals surface area (Å²) >= 11 is 1.94. The van der Waals surface area contributed by atoms with E-state index in [1.807, 2.05) is 11.8 Å². The summed E-state index contributed by atoms with van der Waals surface area (Å²) in [4.78, 5) is 0.00682. The highest BCUT2D eigenvalue weighted by molar-refractivity contribution is 8.00. The summed E-state index contributed by atoms with van der Waals surface area (Å²) < 4.78 is 6.04. The van der Waals surface area contributed by atoms with Gasteiger partial charge in [0, 0.05) is 8.81 Å². The third-order valence-corrected chi connectivity index (χ3v) is 9.23. The normalized spacial score (nSPS) is 13.7. The van der Waals surface area contributed by atoms with Gasteiger partial charge in [-0.1, -0.05) is 34.6 Å². The molecule has 0 aromatic rings. The molecule has 0 aliphatic heterocycles. The summed E-state index contributed by atoms with van der Waals surface area (Å²) in [6.07, 6.45) is 3.85. The van der Waals surface area contributed by atoms with E-state index in [1.54, 1.807) is 0 Å². The smallest absolute Gasteiger partial charge is 0.112 e. The van der Waals surface area contributed by atoms with Crippen molar-refractivity contribution in [3.63, 3.8) is 0 Å². The number of hydrogen-bond acceptors (Lipinski definition) is 2. The molecule has 0 saturated carbocycles. The van der Waals surface area contributed by atoms with Crippen molar-refractivity contribution >= 4 is 28.5 Å². The Hall–Kier alpha value is 1.17. The van der Waals surface area contributed by atoms with Crippen molar-refractivity contribution < 1.29 is 4.52 Å². The van der Waals surface area contributed by atoms with Crippen LogP contribution < -0.4 is 0 Å². The van der Waals surface area contributed by atoms with Crippen LogP contribution in [0.5, 0.6) is 0 Å². The molecule has 0 amide bonds. The van der Waals surface area contributed by atoms with E-state index in [1.165, 1.54) is 24.5 Å². The van der Waals surface area contributed by atoms with Gasteiger partial charge in [-0.15, -0.1) is 19.7 Å². The quantitative estimate of drug-likeness (QED) is 0.287. The van der Waals surface area contributed by atoms with Crippen molar-refractivity contribution in [2.45, 2.75) is 71.1 Å². The summed E-state index contributed by atoms with van der Waals surface area (Å²) in [5.41, 5.74) is 1.71. The van der Waals surface area contributed by atoms with Gasteiger partial charge in [-0.2, -0.15) is 0 Å². The molecule has 0 aromatic heterocycles. The van der Waals surface area contributed by atoms with Crippen LogP contribution in [0.25, 0.3) is 0 Å². The van der Waals surface area contributed by atoms with Crippen molar-refractivity contribution in [1.82, 2.24) is 0 Å². The number of rotatable bonds is 10. The fraction of sp³-hybridized carbons (Fsp3) is 1.00. The zero-order chi connectivity index (χ0) is 14.2. The lowest BCUT2D eigenvalue weighted by Gasteiger charge is -2.27. The molecule has 0 fully saturated rings. The molecule has 0 bridgehead atoms. The van der Waals surface area contributed by atoms with E-state index >= 15 is 0 Å². The second-order valence-corrected chi connectivity index (χ2v) is 11.9. The Balaban J connectivity index is 3.83. The van der Waals surface area contributed by atoms with Gasteiger partial charge in [0.15, 0.2) is 0 Å². The van der Waals surface area contributed by atoms with Gasteiger partial charge in [-0.05, 0) is 49.7 Å². The molecule has 0 saturated heterocycles. The first kappa shape index (κ1) is 19.2. The molecule has 0 radical (unpaired) electrons. The number of hydrogen-bond donors (Lipinski definition) is 0. The van der Waals surface area contributed by atoms with Gasteiger partial charge in [0.25, 0.3) is 0 Å². The molecular formula is C14H32OP2S. The average molecular weight is 310 g/mol. The van der Waals surface area contributed by atoms with Gasteiger partial charge in [0.05, 0.1) is 0 Å². The molecule has 18 heavy (non-hydrogen) atoms. The maximum atomic E-state index is 6.04. The molecule has 0 spiro atoms. The summed E-state index contributed by atoms with van der Waals surface area (Å²) in [5.74, 6) is 1.20. The first-order valence-electron chi connectivity index (χ1n) is 7.10. The Morgan fingerprint density at radius 1 is 1.17 bits per heavy atom. The molecule has 0 N–H and O–H groups in total. The minimum atomic E-state index is 0.00682. The van der Waals surface area contributed by atoms with Gasteiger partial charge in [-0.3, -0.25) is 0 Å². The van der Waals surface area contributed by atoms with Gasteiger partial charge >= 0.3 is 0 Å². The molecule has 0 aromatic carbocycles. The summed E-state index contributed by atoms with van der Waals surface area (Å²) in [7, 11) is 0.852. The third-order valence-electron chi connectivity index (χ3n) is 2.77. The summed E-state index contributed by atoms with van der Waals surface area (Å²) in [6.45, 7) is 16.1. The second-order valence-electron chi connectivity index (χ2n) is 5.67. The van der Waals surface area contributed by atoms with Gasteiger partial charge in [0.2, 0.25) is 0 Å². The molecule has 0 aliphatic rings. The van der Waals surface area contributed by atoms with E-state index in [0.717, 1.165) is 11.3 Å². The first-order chi connectivity index (χ1) is 8.30. The van der Waals surface area contributed by atoms with Gasteiger partial charge in [0.1, 0.15) is 4.93 Å². The van der Waals surface area contributed by atoms with Crippen LogP contribution in [-0.2, 0) is 4.52 Å². The van der Waals surface area contributed by atoms with E-state index in [0.29, 0.717) is 8.81 Å². The molecule has 1 atom stereocenters. The molecule has 0 aliphatic carbocycles. The van der Waals surface area contributed by atoms with E-state index in [2.05, 4.69) is 48.5 Å². The monoisotopic (exact) mass is 310 g/mol. The van der Waals surface area contributed by atoms with Crippen molar-refractivity contribution in [1.29, 1.82) is 0 Å². The van der Waals surface area contributed by atoms with Crippen molar-refractivity contribution in [3.8, 4) is 0 Å². The van der Waals surface area contributed by atoms with Crippen molar-refractivity contribution in [2.75, 3.05) is 18.1 Å². The highest BCUT2D eigenvalue weighted by atomic mass is 32.2. The lowest BCUT2D eigenvalue weighted by atomic mass is 10.5. The topological polar surface area (TPSA) is 9.23 Å². The lowest BCUT2D eigenvalue weighted by Crippen LogP contribution is -2.16. The highest BCUT2D eigenvalue weighted by Crippen LogP contribution is 2.47. The predicted octanol–water partition coefficient (Wildman–Crippen LogP) is 5.77. The van der Waals surface area contributed by atoms with Gasteiger partial charge < -0.3 is 4.52 Å². The fourth-order valence-corrected chi connectivity index (χ4v) is 7.07. The Kier molecular flexibility index (Phi) is 10.6. The Labute approximate surface area is 122 Å². The molecule has 110 valence electrons. The second kappa shape index (κ2) is 9.98. The highest BCUT2D eigenvalue weighted by Gasteiger charge is 2.20. The Bertz CT molecular complexity index is 200. The van der Waals surface area contributed by atoms with Crippen LogP contribution in [0.2, 0.25) is 0 Å². The molecule has 1 unspecified atom stereocenters. The van der Waals surface area contributed by atoms with Crippen LogP contribution in [-0.4, -0.2) is 34.3 Å². The largest absolute Gasteiger partial charge is 0.346 e. The first-order valence-corrected chi connectivity index (χ1v) is 10.9. The fourth-order valence-electron chi connectivity index (χ4n) is 1.89. The minimum absolute atomic E-state index is 0.00682. The van der Waals surface area contributed by atoms with E-state index in [4.69, 9.17) is 4.52 Å². The van der Waals surface area contributed by atoms with Crippen LogP contribution in [0, 0.1) is 0 Å². The van der Waals surface area contributed by atoms with E-state index < -0.39 is 0 Å². The summed E-state index contributed by atoms with van der Waals surface area (Å²) in [5, 5.41) is 0. The molecule has 0 rings (SSSR count). The molecular weight excluding hydrogens is 278 g/mol. The molecule has 4 heteroatoms. The van der Waals surface area contributed by atoms with Gasteiger partial charge in [-0.25, -0.2) is 0 Å². The predicted molar refractivity (Wildman–Crippen MR) is 93.2 cm³/mol. The Morgan fingerprint density at radius 2 is 1.72 bits per heavy atom. The van der Waals surface area contributed by atoms with Crippen LogP contribution >= 0.6 is 28.5 Å².